The quantitative estimate of drug-likeness (QED) is 0.840. The van der Waals surface area contributed by atoms with Gasteiger partial charge >= 0.3 is 0 Å². The van der Waals surface area contributed by atoms with Crippen LogP contribution in [0.5, 0.6) is 5.75 Å². The van der Waals surface area contributed by atoms with E-state index in [-0.39, 0.29) is 11.3 Å². The lowest BCUT2D eigenvalue weighted by Gasteiger charge is -2.09. The van der Waals surface area contributed by atoms with Crippen LogP contribution in [0.4, 0.5) is 10.1 Å². The Bertz CT molecular complexity index is 664. The normalized spacial score (nSPS) is 10.2. The van der Waals surface area contributed by atoms with E-state index in [4.69, 9.17) is 16.3 Å². The summed E-state index contributed by atoms with van der Waals surface area (Å²) in [6.07, 6.45) is 0. The van der Waals surface area contributed by atoms with Crippen LogP contribution in [0.15, 0.2) is 41.3 Å². The molecule has 0 atom stereocenters. The van der Waals surface area contributed by atoms with Crippen molar-refractivity contribution in [1.82, 2.24) is 0 Å². The van der Waals surface area contributed by atoms with Crippen LogP contribution in [0.2, 0.25) is 5.02 Å². The number of benzene rings is 2. The largest absolute Gasteiger partial charge is 0.494 e. The molecule has 0 aliphatic carbocycles. The third-order valence-electron chi connectivity index (χ3n) is 2.60. The maximum absolute atomic E-state index is 13.5. The van der Waals surface area contributed by atoms with E-state index in [2.05, 4.69) is 17.9 Å². The summed E-state index contributed by atoms with van der Waals surface area (Å²) >= 11 is 10.1. The molecule has 0 saturated carbocycles. The number of thiol groups is 1. The van der Waals surface area contributed by atoms with Crippen LogP contribution in [-0.4, -0.2) is 13.0 Å². The first-order chi connectivity index (χ1) is 9.51. The Morgan fingerprint density at radius 1 is 1.30 bits per heavy atom. The Morgan fingerprint density at radius 2 is 2.05 bits per heavy atom. The molecule has 2 aromatic carbocycles. The molecule has 1 amide bonds. The number of carbonyl (C=O) groups excluding carboxylic acids is 1. The molecule has 1 N–H and O–H groups in total. The molecule has 6 heteroatoms. The maximum atomic E-state index is 13.5. The fraction of sp³-hybridized carbons (Fsp3) is 0.0714. The second-order valence-electron chi connectivity index (χ2n) is 3.97. The van der Waals surface area contributed by atoms with Crippen LogP contribution < -0.4 is 10.1 Å². The zero-order chi connectivity index (χ0) is 14.7. The van der Waals surface area contributed by atoms with E-state index in [1.165, 1.54) is 25.3 Å². The van der Waals surface area contributed by atoms with Gasteiger partial charge in [0.15, 0.2) is 11.6 Å². The molecule has 2 rings (SSSR count). The first-order valence-electron chi connectivity index (χ1n) is 5.64. The Kier molecular flexibility index (Phi) is 4.52. The number of anilines is 1. The first kappa shape index (κ1) is 14.7. The molecular formula is C14H11ClFNO2S. The van der Waals surface area contributed by atoms with Crippen LogP contribution in [-0.2, 0) is 0 Å². The minimum absolute atomic E-state index is 0.110. The second kappa shape index (κ2) is 6.15. The zero-order valence-corrected chi connectivity index (χ0v) is 12.1. The van der Waals surface area contributed by atoms with Gasteiger partial charge in [0.05, 0.1) is 17.7 Å². The van der Waals surface area contributed by atoms with Crippen molar-refractivity contribution in [1.29, 1.82) is 0 Å². The number of nitrogens with one attached hydrogen (secondary N) is 1. The number of hydrogen-bond acceptors (Lipinski definition) is 3. The smallest absolute Gasteiger partial charge is 0.257 e. The van der Waals surface area contributed by atoms with Crippen molar-refractivity contribution in [3.8, 4) is 5.75 Å². The summed E-state index contributed by atoms with van der Waals surface area (Å²) in [5.74, 6) is -0.881. The lowest BCUT2D eigenvalue weighted by atomic mass is 10.2. The summed E-state index contributed by atoms with van der Waals surface area (Å²) in [5.41, 5.74) is 0.587. The van der Waals surface area contributed by atoms with Crippen LogP contribution in [0.1, 0.15) is 10.4 Å². The van der Waals surface area contributed by atoms with Gasteiger partial charge < -0.3 is 10.1 Å². The summed E-state index contributed by atoms with van der Waals surface area (Å²) in [6.45, 7) is 0. The first-order valence-corrected chi connectivity index (χ1v) is 6.47. The molecule has 0 fully saturated rings. The number of methoxy groups -OCH3 is 1. The highest BCUT2D eigenvalue weighted by Gasteiger charge is 2.12. The Labute approximate surface area is 126 Å². The average molecular weight is 312 g/mol. The number of amides is 1. The van der Waals surface area contributed by atoms with Gasteiger partial charge in [-0.05, 0) is 30.3 Å². The van der Waals surface area contributed by atoms with Gasteiger partial charge in [-0.2, -0.15) is 0 Å². The number of carbonyl (C=O) groups is 1. The highest BCUT2D eigenvalue weighted by molar-refractivity contribution is 7.80. The third-order valence-corrected chi connectivity index (χ3v) is 3.21. The predicted octanol–water partition coefficient (Wildman–Crippen LogP) is 4.03. The summed E-state index contributed by atoms with van der Waals surface area (Å²) in [5, 5.41) is 2.87. The van der Waals surface area contributed by atoms with Crippen molar-refractivity contribution in [3.05, 3.63) is 52.8 Å². The van der Waals surface area contributed by atoms with Gasteiger partial charge in [-0.15, -0.1) is 12.6 Å². The molecule has 0 spiro atoms. The molecule has 0 heterocycles. The minimum Gasteiger partial charge on any atom is -0.494 e. The van der Waals surface area contributed by atoms with Crippen molar-refractivity contribution in [2.75, 3.05) is 12.4 Å². The monoisotopic (exact) mass is 311 g/mol. The topological polar surface area (TPSA) is 38.3 Å². The van der Waals surface area contributed by atoms with Gasteiger partial charge in [-0.3, -0.25) is 4.79 Å². The number of rotatable bonds is 3. The summed E-state index contributed by atoms with van der Waals surface area (Å²) in [7, 11) is 1.37. The molecule has 3 nitrogen and oxygen atoms in total. The lowest BCUT2D eigenvalue weighted by Crippen LogP contribution is -2.12. The average Bonchev–Trinajstić information content (AvgIpc) is 2.41. The molecule has 0 bridgehead atoms. The Hall–Kier alpha value is -1.72. The number of hydrogen-bond donors (Lipinski definition) is 2. The molecule has 104 valence electrons. The van der Waals surface area contributed by atoms with Gasteiger partial charge in [0, 0.05) is 16.6 Å². The van der Waals surface area contributed by atoms with E-state index in [0.29, 0.717) is 15.6 Å². The summed E-state index contributed by atoms with van der Waals surface area (Å²) in [6, 6.07) is 8.94. The standard InChI is InChI=1S/C14H11ClFNO2S/c1-19-13-5-2-8(6-12(13)16)17-14(18)10-7-9(20)3-4-11(10)15/h2-7,20H,1H3,(H,17,18). The van der Waals surface area contributed by atoms with E-state index in [1.54, 1.807) is 18.2 Å². The van der Waals surface area contributed by atoms with Crippen molar-refractivity contribution in [2.45, 2.75) is 4.90 Å². The number of ether oxygens (including phenoxy) is 1. The van der Waals surface area contributed by atoms with Gasteiger partial charge in [0.2, 0.25) is 0 Å². The van der Waals surface area contributed by atoms with Gasteiger partial charge in [-0.1, -0.05) is 11.6 Å². The Morgan fingerprint density at radius 3 is 2.70 bits per heavy atom. The molecule has 0 radical (unpaired) electrons. The highest BCUT2D eigenvalue weighted by Crippen LogP contribution is 2.23. The molecule has 20 heavy (non-hydrogen) atoms. The molecule has 2 aromatic rings. The van der Waals surface area contributed by atoms with Gasteiger partial charge in [0.1, 0.15) is 0 Å². The fourth-order valence-electron chi connectivity index (χ4n) is 1.63. The van der Waals surface area contributed by atoms with Crippen molar-refractivity contribution < 1.29 is 13.9 Å². The van der Waals surface area contributed by atoms with Crippen molar-refractivity contribution in [2.24, 2.45) is 0 Å². The second-order valence-corrected chi connectivity index (χ2v) is 4.89. The van der Waals surface area contributed by atoms with Crippen molar-refractivity contribution >= 4 is 35.8 Å². The van der Waals surface area contributed by atoms with E-state index in [1.807, 2.05) is 0 Å². The van der Waals surface area contributed by atoms with Crippen LogP contribution in [0.3, 0.4) is 0 Å². The summed E-state index contributed by atoms with van der Waals surface area (Å²) < 4.78 is 18.3. The lowest BCUT2D eigenvalue weighted by molar-refractivity contribution is 0.102. The minimum atomic E-state index is -0.556. The highest BCUT2D eigenvalue weighted by atomic mass is 35.5. The van der Waals surface area contributed by atoms with E-state index >= 15 is 0 Å². The van der Waals surface area contributed by atoms with Crippen LogP contribution >= 0.6 is 24.2 Å². The molecule has 0 saturated heterocycles. The van der Waals surface area contributed by atoms with Gasteiger partial charge in [-0.25, -0.2) is 4.39 Å². The molecular weight excluding hydrogens is 301 g/mol. The predicted molar refractivity (Wildman–Crippen MR) is 79.6 cm³/mol. The van der Waals surface area contributed by atoms with Crippen molar-refractivity contribution in [3.63, 3.8) is 0 Å². The molecule has 0 aromatic heterocycles. The number of halogens is 2. The summed E-state index contributed by atoms with van der Waals surface area (Å²) in [4.78, 5) is 12.7. The zero-order valence-electron chi connectivity index (χ0n) is 10.5. The van der Waals surface area contributed by atoms with E-state index < -0.39 is 11.7 Å². The Balaban J connectivity index is 2.23. The molecule has 0 aliphatic rings. The van der Waals surface area contributed by atoms with Crippen LogP contribution in [0.25, 0.3) is 0 Å². The van der Waals surface area contributed by atoms with Gasteiger partial charge in [0.25, 0.3) is 5.91 Å². The van der Waals surface area contributed by atoms with Crippen LogP contribution in [0, 0.1) is 5.82 Å². The molecule has 0 unspecified atom stereocenters. The third kappa shape index (κ3) is 3.23. The maximum Gasteiger partial charge on any atom is 0.257 e. The molecule has 0 aliphatic heterocycles. The van der Waals surface area contributed by atoms with E-state index in [9.17, 15) is 9.18 Å². The fourth-order valence-corrected chi connectivity index (χ4v) is 2.04. The van der Waals surface area contributed by atoms with E-state index in [0.717, 1.165) is 0 Å². The SMILES string of the molecule is COc1ccc(NC(=O)c2cc(S)ccc2Cl)cc1F.